The normalized spacial score (nSPS) is 11.9. The Labute approximate surface area is 172 Å². The van der Waals surface area contributed by atoms with Gasteiger partial charge in [-0.3, -0.25) is 4.79 Å². The number of esters is 1. The Morgan fingerprint density at radius 1 is 1.10 bits per heavy atom. The predicted octanol–water partition coefficient (Wildman–Crippen LogP) is 3.58. The van der Waals surface area contributed by atoms with Gasteiger partial charge < -0.3 is 14.6 Å². The number of rotatable bonds is 7. The third kappa shape index (κ3) is 5.08. The number of imidazole rings is 1. The zero-order chi connectivity index (χ0) is 21.7. The number of carbonyl (C=O) groups is 2. The molecule has 0 saturated carbocycles. The van der Waals surface area contributed by atoms with Gasteiger partial charge in [0, 0.05) is 29.1 Å². The average Bonchev–Trinajstić information content (AvgIpc) is 3.20. The van der Waals surface area contributed by atoms with Gasteiger partial charge in [0.2, 0.25) is 0 Å². The van der Waals surface area contributed by atoms with E-state index in [4.69, 9.17) is 4.74 Å². The molecular weight excluding hydrogens is 392 g/mol. The van der Waals surface area contributed by atoms with Crippen molar-refractivity contribution in [1.82, 2.24) is 14.9 Å². The molecule has 1 aromatic heterocycles. The van der Waals surface area contributed by atoms with Crippen molar-refractivity contribution < 1.29 is 23.1 Å². The highest BCUT2D eigenvalue weighted by molar-refractivity contribution is 5.97. The van der Waals surface area contributed by atoms with Crippen molar-refractivity contribution in [3.8, 4) is 11.1 Å². The number of amides is 1. The zero-order valence-electron chi connectivity index (χ0n) is 16.5. The molecule has 3 aromatic rings. The minimum atomic E-state index is -0.997. The Bertz CT molecular complexity index is 1040. The zero-order valence-corrected chi connectivity index (χ0v) is 16.5. The van der Waals surface area contributed by atoms with Gasteiger partial charge in [-0.2, -0.15) is 0 Å². The number of hydrogen-bond acceptors (Lipinski definition) is 4. The fourth-order valence-corrected chi connectivity index (χ4v) is 2.90. The lowest BCUT2D eigenvalue weighted by Gasteiger charge is -2.19. The van der Waals surface area contributed by atoms with Gasteiger partial charge in [0.25, 0.3) is 5.91 Å². The number of aromatic nitrogens is 2. The summed E-state index contributed by atoms with van der Waals surface area (Å²) in [6, 6.07) is 8.52. The van der Waals surface area contributed by atoms with Gasteiger partial charge in [0.1, 0.15) is 17.7 Å². The van der Waals surface area contributed by atoms with Crippen LogP contribution in [0.15, 0.2) is 61.2 Å². The molecule has 0 aliphatic rings. The first-order valence-corrected chi connectivity index (χ1v) is 9.36. The van der Waals surface area contributed by atoms with Crippen molar-refractivity contribution in [2.75, 3.05) is 0 Å². The van der Waals surface area contributed by atoms with Gasteiger partial charge in [-0.25, -0.2) is 18.6 Å². The number of ether oxygens (including phenoxy) is 1. The summed E-state index contributed by atoms with van der Waals surface area (Å²) < 4.78 is 35.4. The fraction of sp³-hybridized carbons (Fsp3) is 0.227. The molecule has 0 bridgehead atoms. The molecule has 1 N–H and O–H groups in total. The first-order chi connectivity index (χ1) is 14.3. The maximum Gasteiger partial charge on any atom is 0.330 e. The molecule has 0 aliphatic carbocycles. The molecule has 0 saturated heterocycles. The second-order valence-electron chi connectivity index (χ2n) is 6.95. The fourth-order valence-electron chi connectivity index (χ4n) is 2.90. The molecule has 0 spiro atoms. The van der Waals surface area contributed by atoms with Crippen LogP contribution in [0.5, 0.6) is 0 Å². The maximum absolute atomic E-state index is 14.6. The Hall–Kier alpha value is -3.55. The minimum Gasteiger partial charge on any atom is -0.461 e. The molecule has 30 heavy (non-hydrogen) atoms. The van der Waals surface area contributed by atoms with Gasteiger partial charge in [0.15, 0.2) is 0 Å². The molecular formula is C22H21F2N3O3. The Kier molecular flexibility index (Phi) is 6.56. The Morgan fingerprint density at radius 3 is 2.47 bits per heavy atom. The van der Waals surface area contributed by atoms with Crippen LogP contribution in [-0.4, -0.2) is 33.6 Å². The number of nitrogens with one attached hydrogen (secondary N) is 1. The second-order valence-corrected chi connectivity index (χ2v) is 6.95. The number of halogens is 2. The third-order valence-electron chi connectivity index (χ3n) is 4.29. The molecule has 1 amide bonds. The SMILES string of the molecule is CC(C)OC(=O)[C@H](Cn1ccnc1)NC(=O)c1ccc(-c2ccccc2F)c(F)c1. The van der Waals surface area contributed by atoms with Crippen molar-refractivity contribution in [3.63, 3.8) is 0 Å². The third-order valence-corrected chi connectivity index (χ3v) is 4.29. The Morgan fingerprint density at radius 2 is 1.83 bits per heavy atom. The number of hydrogen-bond donors (Lipinski definition) is 1. The van der Waals surface area contributed by atoms with E-state index in [0.29, 0.717) is 0 Å². The van der Waals surface area contributed by atoms with Crippen molar-refractivity contribution in [1.29, 1.82) is 0 Å². The maximum atomic E-state index is 14.6. The molecule has 0 unspecified atom stereocenters. The highest BCUT2D eigenvalue weighted by atomic mass is 19.1. The molecule has 1 atom stereocenters. The van der Waals surface area contributed by atoms with E-state index in [2.05, 4.69) is 10.3 Å². The summed E-state index contributed by atoms with van der Waals surface area (Å²) in [5, 5.41) is 2.57. The Balaban J connectivity index is 1.80. The summed E-state index contributed by atoms with van der Waals surface area (Å²) in [5.41, 5.74) is 0.139. The first kappa shape index (κ1) is 21.2. The molecule has 8 heteroatoms. The van der Waals surface area contributed by atoms with E-state index in [-0.39, 0.29) is 29.3 Å². The molecule has 3 rings (SSSR count). The molecule has 2 aromatic carbocycles. The van der Waals surface area contributed by atoms with Crippen molar-refractivity contribution in [2.45, 2.75) is 32.5 Å². The topological polar surface area (TPSA) is 73.2 Å². The molecule has 0 fully saturated rings. The highest BCUT2D eigenvalue weighted by Crippen LogP contribution is 2.26. The smallest absolute Gasteiger partial charge is 0.330 e. The van der Waals surface area contributed by atoms with Crippen LogP contribution in [0.3, 0.4) is 0 Å². The van der Waals surface area contributed by atoms with Crippen LogP contribution in [0, 0.1) is 11.6 Å². The highest BCUT2D eigenvalue weighted by Gasteiger charge is 2.25. The van der Waals surface area contributed by atoms with Crippen LogP contribution in [0.1, 0.15) is 24.2 Å². The van der Waals surface area contributed by atoms with Crippen LogP contribution in [0.4, 0.5) is 8.78 Å². The minimum absolute atomic E-state index is 0.000525. The lowest BCUT2D eigenvalue weighted by molar-refractivity contribution is -0.150. The lowest BCUT2D eigenvalue weighted by Crippen LogP contribution is -2.45. The summed E-state index contributed by atoms with van der Waals surface area (Å²) in [5.74, 6) is -2.58. The summed E-state index contributed by atoms with van der Waals surface area (Å²) in [4.78, 5) is 29.0. The molecule has 0 radical (unpaired) electrons. The van der Waals surface area contributed by atoms with Gasteiger partial charge in [-0.15, -0.1) is 0 Å². The molecule has 1 heterocycles. The monoisotopic (exact) mass is 413 g/mol. The van der Waals surface area contributed by atoms with Crippen molar-refractivity contribution >= 4 is 11.9 Å². The summed E-state index contributed by atoms with van der Waals surface area (Å²) in [6.07, 6.45) is 4.33. The molecule has 156 valence electrons. The van der Waals surface area contributed by atoms with E-state index >= 15 is 0 Å². The number of carbonyl (C=O) groups excluding carboxylic acids is 2. The number of nitrogens with zero attached hydrogens (tertiary/aromatic N) is 2. The largest absolute Gasteiger partial charge is 0.461 e. The standard InChI is InChI=1S/C22H21F2N3O3/c1-14(2)30-22(29)20(12-27-10-9-25-13-27)26-21(28)15-7-8-17(19(24)11-15)16-5-3-4-6-18(16)23/h3-11,13-14,20H,12H2,1-2H3,(H,26,28)/t20-/m0/s1. The number of benzene rings is 2. The van der Waals surface area contributed by atoms with Crippen molar-refractivity contribution in [3.05, 3.63) is 78.4 Å². The van der Waals surface area contributed by atoms with E-state index in [1.807, 2.05) is 0 Å². The van der Waals surface area contributed by atoms with Crippen LogP contribution >= 0.6 is 0 Å². The first-order valence-electron chi connectivity index (χ1n) is 9.36. The predicted molar refractivity (Wildman–Crippen MR) is 107 cm³/mol. The van der Waals surface area contributed by atoms with Crippen LogP contribution in [-0.2, 0) is 16.1 Å². The summed E-state index contributed by atoms with van der Waals surface area (Å²) in [6.45, 7) is 3.50. The quantitative estimate of drug-likeness (QED) is 0.601. The molecule has 6 nitrogen and oxygen atoms in total. The van der Waals surface area contributed by atoms with Gasteiger partial charge in [-0.1, -0.05) is 24.3 Å². The molecule has 0 aliphatic heterocycles. The van der Waals surface area contributed by atoms with Crippen LogP contribution in [0.2, 0.25) is 0 Å². The van der Waals surface area contributed by atoms with Crippen LogP contribution in [0.25, 0.3) is 11.1 Å². The van der Waals surface area contributed by atoms with E-state index in [0.717, 1.165) is 6.07 Å². The van der Waals surface area contributed by atoms with Gasteiger partial charge >= 0.3 is 5.97 Å². The van der Waals surface area contributed by atoms with Gasteiger partial charge in [-0.05, 0) is 32.0 Å². The van der Waals surface area contributed by atoms with E-state index in [1.54, 1.807) is 36.9 Å². The van der Waals surface area contributed by atoms with Crippen molar-refractivity contribution in [2.24, 2.45) is 0 Å². The van der Waals surface area contributed by atoms with E-state index < -0.39 is 29.6 Å². The van der Waals surface area contributed by atoms with E-state index in [9.17, 15) is 18.4 Å². The lowest BCUT2D eigenvalue weighted by atomic mass is 10.0. The summed E-state index contributed by atoms with van der Waals surface area (Å²) >= 11 is 0. The van der Waals surface area contributed by atoms with Gasteiger partial charge in [0.05, 0.1) is 19.0 Å². The van der Waals surface area contributed by atoms with Crippen LogP contribution < -0.4 is 5.32 Å². The van der Waals surface area contributed by atoms with E-state index in [1.165, 1.54) is 36.7 Å². The summed E-state index contributed by atoms with van der Waals surface area (Å²) in [7, 11) is 0. The second kappa shape index (κ2) is 9.30. The average molecular weight is 413 g/mol.